The molecule has 3 aromatic rings. The fraction of sp³-hybridized carbons (Fsp3) is 0.250. The third-order valence-corrected chi connectivity index (χ3v) is 4.42. The number of aliphatic imine (C=N–C) groups is 1. The van der Waals surface area contributed by atoms with Crippen molar-refractivity contribution in [3.63, 3.8) is 0 Å². The van der Waals surface area contributed by atoms with Crippen LogP contribution in [0.5, 0.6) is 11.5 Å². The van der Waals surface area contributed by atoms with E-state index in [1.54, 1.807) is 0 Å². The number of fused-ring (bicyclic) bond motifs is 2. The maximum absolute atomic E-state index is 8.96. The molecule has 9 heteroatoms. The molecule has 150 valence electrons. The first-order chi connectivity index (χ1) is 14.1. The number of hydrogen-bond acceptors (Lipinski definition) is 7. The summed E-state index contributed by atoms with van der Waals surface area (Å²) in [6.07, 6.45) is 1.15. The van der Waals surface area contributed by atoms with Gasteiger partial charge in [0, 0.05) is 30.6 Å². The van der Waals surface area contributed by atoms with Gasteiger partial charge in [0.25, 0.3) is 0 Å². The number of anilines is 1. The number of aliphatic hydroxyl groups is 1. The fourth-order valence-corrected chi connectivity index (χ4v) is 3.10. The van der Waals surface area contributed by atoms with E-state index in [4.69, 9.17) is 31.0 Å². The SMILES string of the molecule is NC(N)=Nc1nc(Cc2ccc3c(c2)OCO3)nc2cc(NCCCO)ccc12. The maximum atomic E-state index is 8.96. The molecule has 1 aliphatic heterocycles. The molecule has 0 unspecified atom stereocenters. The lowest BCUT2D eigenvalue weighted by Gasteiger charge is -2.10. The van der Waals surface area contributed by atoms with Gasteiger partial charge in [-0.25, -0.2) is 9.97 Å². The number of ether oxygens (including phenoxy) is 2. The Balaban J connectivity index is 1.69. The molecule has 29 heavy (non-hydrogen) atoms. The molecule has 0 saturated carbocycles. The van der Waals surface area contributed by atoms with E-state index in [9.17, 15) is 0 Å². The van der Waals surface area contributed by atoms with Gasteiger partial charge >= 0.3 is 0 Å². The molecule has 1 aliphatic rings. The van der Waals surface area contributed by atoms with Crippen molar-refractivity contribution in [2.75, 3.05) is 25.3 Å². The zero-order chi connectivity index (χ0) is 20.2. The molecule has 0 atom stereocenters. The first kappa shape index (κ1) is 18.8. The second-order valence-electron chi connectivity index (χ2n) is 6.60. The lowest BCUT2D eigenvalue weighted by atomic mass is 10.1. The number of aromatic nitrogens is 2. The van der Waals surface area contributed by atoms with E-state index in [1.807, 2.05) is 36.4 Å². The summed E-state index contributed by atoms with van der Waals surface area (Å²) in [5, 5.41) is 13.0. The summed E-state index contributed by atoms with van der Waals surface area (Å²) in [5.41, 5.74) is 13.8. The van der Waals surface area contributed by atoms with Crippen molar-refractivity contribution in [1.29, 1.82) is 0 Å². The van der Waals surface area contributed by atoms with Crippen LogP contribution < -0.4 is 26.3 Å². The van der Waals surface area contributed by atoms with Gasteiger partial charge in [-0.3, -0.25) is 0 Å². The summed E-state index contributed by atoms with van der Waals surface area (Å²) in [6.45, 7) is 1.03. The van der Waals surface area contributed by atoms with E-state index in [0.29, 0.717) is 36.8 Å². The summed E-state index contributed by atoms with van der Waals surface area (Å²) < 4.78 is 10.8. The number of benzene rings is 2. The highest BCUT2D eigenvalue weighted by Crippen LogP contribution is 2.33. The van der Waals surface area contributed by atoms with Gasteiger partial charge in [0.05, 0.1) is 5.52 Å². The Morgan fingerprint density at radius 2 is 1.97 bits per heavy atom. The van der Waals surface area contributed by atoms with Crippen molar-refractivity contribution < 1.29 is 14.6 Å². The van der Waals surface area contributed by atoms with Crippen LogP contribution in [0.4, 0.5) is 11.5 Å². The highest BCUT2D eigenvalue weighted by Gasteiger charge is 2.15. The van der Waals surface area contributed by atoms with Crippen molar-refractivity contribution >= 4 is 28.4 Å². The lowest BCUT2D eigenvalue weighted by Crippen LogP contribution is -2.22. The predicted octanol–water partition coefficient (Wildman–Crippen LogP) is 1.65. The van der Waals surface area contributed by atoms with Gasteiger partial charge in [0.2, 0.25) is 6.79 Å². The smallest absolute Gasteiger partial charge is 0.231 e. The van der Waals surface area contributed by atoms with Gasteiger partial charge in [-0.15, -0.1) is 0 Å². The zero-order valence-corrected chi connectivity index (χ0v) is 15.8. The molecule has 1 aromatic heterocycles. The molecule has 0 spiro atoms. The summed E-state index contributed by atoms with van der Waals surface area (Å²) in [5.74, 6) is 2.39. The molecule has 0 bridgehead atoms. The van der Waals surface area contributed by atoms with Crippen LogP contribution in [0.25, 0.3) is 10.9 Å². The minimum Gasteiger partial charge on any atom is -0.454 e. The van der Waals surface area contributed by atoms with E-state index in [0.717, 1.165) is 27.9 Å². The average Bonchev–Trinajstić information content (AvgIpc) is 3.15. The Bertz CT molecular complexity index is 1070. The molecular formula is C20H22N6O3. The van der Waals surface area contributed by atoms with E-state index in [-0.39, 0.29) is 19.4 Å². The minimum atomic E-state index is -0.0656. The van der Waals surface area contributed by atoms with Gasteiger partial charge in [-0.2, -0.15) is 4.99 Å². The topological polar surface area (TPSA) is 141 Å². The van der Waals surface area contributed by atoms with Gasteiger partial charge in [-0.1, -0.05) is 6.07 Å². The molecule has 4 rings (SSSR count). The number of guanidine groups is 1. The molecule has 6 N–H and O–H groups in total. The van der Waals surface area contributed by atoms with E-state index in [2.05, 4.69) is 15.3 Å². The molecule has 0 radical (unpaired) electrons. The summed E-state index contributed by atoms with van der Waals surface area (Å²) >= 11 is 0. The number of nitrogens with two attached hydrogens (primary N) is 2. The predicted molar refractivity (Wildman–Crippen MR) is 111 cm³/mol. The van der Waals surface area contributed by atoms with Crippen LogP contribution in [0, 0.1) is 0 Å². The monoisotopic (exact) mass is 394 g/mol. The van der Waals surface area contributed by atoms with E-state index < -0.39 is 0 Å². The van der Waals surface area contributed by atoms with Crippen LogP contribution in [0.3, 0.4) is 0 Å². The largest absolute Gasteiger partial charge is 0.454 e. The maximum Gasteiger partial charge on any atom is 0.231 e. The Morgan fingerprint density at radius 1 is 1.10 bits per heavy atom. The summed E-state index contributed by atoms with van der Waals surface area (Å²) in [6, 6.07) is 11.5. The van der Waals surface area contributed by atoms with Crippen LogP contribution in [0.1, 0.15) is 17.8 Å². The van der Waals surface area contributed by atoms with Crippen molar-refractivity contribution in [3.8, 4) is 11.5 Å². The Kier molecular flexibility index (Phi) is 5.30. The fourth-order valence-electron chi connectivity index (χ4n) is 3.10. The number of nitrogens with one attached hydrogen (secondary N) is 1. The second kappa shape index (κ2) is 8.19. The van der Waals surface area contributed by atoms with E-state index in [1.165, 1.54) is 0 Å². The highest BCUT2D eigenvalue weighted by molar-refractivity contribution is 5.92. The number of aliphatic hydroxyl groups excluding tert-OH is 1. The van der Waals surface area contributed by atoms with E-state index >= 15 is 0 Å². The van der Waals surface area contributed by atoms with Gasteiger partial charge < -0.3 is 31.4 Å². The van der Waals surface area contributed by atoms with Gasteiger partial charge in [0.1, 0.15) is 5.82 Å². The summed E-state index contributed by atoms with van der Waals surface area (Å²) in [7, 11) is 0. The average molecular weight is 394 g/mol. The van der Waals surface area contributed by atoms with Crippen LogP contribution >= 0.6 is 0 Å². The molecule has 0 amide bonds. The Labute approximate surface area is 167 Å². The van der Waals surface area contributed by atoms with Crippen molar-refractivity contribution in [3.05, 3.63) is 47.8 Å². The standard InChI is InChI=1S/C20H22N6O3/c21-20(22)26-19-14-4-3-13(23-6-1-7-27)10-15(14)24-18(25-19)9-12-2-5-16-17(8-12)29-11-28-16/h2-5,8,10,23,27H,1,6-7,9,11H2,(H4,21,22,24,25,26). The molecule has 0 aliphatic carbocycles. The molecule has 0 saturated heterocycles. The number of nitrogens with zero attached hydrogens (tertiary/aromatic N) is 3. The number of rotatable bonds is 7. The molecular weight excluding hydrogens is 372 g/mol. The number of hydrogen-bond donors (Lipinski definition) is 4. The van der Waals surface area contributed by atoms with Crippen molar-refractivity contribution in [2.45, 2.75) is 12.8 Å². The highest BCUT2D eigenvalue weighted by atomic mass is 16.7. The molecule has 2 heterocycles. The minimum absolute atomic E-state index is 0.0656. The van der Waals surface area contributed by atoms with Crippen LogP contribution in [0.2, 0.25) is 0 Å². The first-order valence-corrected chi connectivity index (χ1v) is 9.26. The van der Waals surface area contributed by atoms with Gasteiger partial charge in [0.15, 0.2) is 23.3 Å². The second-order valence-corrected chi connectivity index (χ2v) is 6.60. The Morgan fingerprint density at radius 3 is 2.79 bits per heavy atom. The quantitative estimate of drug-likeness (QED) is 0.269. The van der Waals surface area contributed by atoms with Crippen LogP contribution in [-0.4, -0.2) is 41.0 Å². The Hall–Kier alpha value is -3.59. The lowest BCUT2D eigenvalue weighted by molar-refractivity contribution is 0.174. The molecule has 9 nitrogen and oxygen atoms in total. The summed E-state index contributed by atoms with van der Waals surface area (Å²) in [4.78, 5) is 13.4. The normalized spacial score (nSPS) is 12.2. The third kappa shape index (κ3) is 4.30. The van der Waals surface area contributed by atoms with Gasteiger partial charge in [-0.05, 0) is 42.3 Å². The third-order valence-electron chi connectivity index (χ3n) is 4.42. The van der Waals surface area contributed by atoms with Crippen LogP contribution in [-0.2, 0) is 6.42 Å². The van der Waals surface area contributed by atoms with Crippen molar-refractivity contribution in [2.24, 2.45) is 16.5 Å². The van der Waals surface area contributed by atoms with Crippen LogP contribution in [0.15, 0.2) is 41.4 Å². The molecule has 0 fully saturated rings. The first-order valence-electron chi connectivity index (χ1n) is 9.26. The molecule has 2 aromatic carbocycles. The van der Waals surface area contributed by atoms with Crippen molar-refractivity contribution in [1.82, 2.24) is 9.97 Å². The zero-order valence-electron chi connectivity index (χ0n) is 15.8.